The molecule has 1 heteroatoms. The van der Waals surface area contributed by atoms with Crippen molar-refractivity contribution in [1.29, 1.82) is 0 Å². The van der Waals surface area contributed by atoms with Crippen LogP contribution in [0.15, 0.2) is 24.3 Å². The van der Waals surface area contributed by atoms with Gasteiger partial charge in [-0.25, -0.2) is 0 Å². The molecule has 0 fully saturated rings. The molecule has 0 aromatic carbocycles. The molecule has 0 saturated heterocycles. The molecule has 0 bridgehead atoms. The van der Waals surface area contributed by atoms with Crippen LogP contribution in [0, 0.1) is 5.92 Å². The molecule has 0 heterocycles. The Balaban J connectivity index is 3.55. The van der Waals surface area contributed by atoms with Crippen molar-refractivity contribution in [2.75, 3.05) is 0 Å². The molecule has 0 N–H and O–H groups in total. The Kier molecular flexibility index (Phi) is 5.44. The van der Waals surface area contributed by atoms with Crippen LogP contribution >= 0.6 is 0 Å². The monoisotopic (exact) mass is 152 g/mol. The minimum absolute atomic E-state index is 0.547. The van der Waals surface area contributed by atoms with Crippen LogP contribution < -0.4 is 0 Å². The summed E-state index contributed by atoms with van der Waals surface area (Å²) < 4.78 is 0. The number of hydrogen-bond donors (Lipinski definition) is 0. The average molecular weight is 152 g/mol. The summed E-state index contributed by atoms with van der Waals surface area (Å²) in [7, 11) is 0. The standard InChI is InChI=1S/C10H16O/c1-4-9(2)6-5-7-10(3)8-11/h4,7-9H,1,5-6H2,2-3H3. The lowest BCUT2D eigenvalue weighted by Crippen LogP contribution is -1.87. The van der Waals surface area contributed by atoms with Gasteiger partial charge < -0.3 is 0 Å². The Morgan fingerprint density at radius 3 is 2.73 bits per heavy atom. The van der Waals surface area contributed by atoms with Gasteiger partial charge >= 0.3 is 0 Å². The summed E-state index contributed by atoms with van der Waals surface area (Å²) in [5.41, 5.74) is 0.821. The number of carbonyl (C=O) groups is 1. The van der Waals surface area contributed by atoms with E-state index in [1.807, 2.05) is 19.1 Å². The van der Waals surface area contributed by atoms with Crippen LogP contribution in [-0.4, -0.2) is 6.29 Å². The Morgan fingerprint density at radius 2 is 2.27 bits per heavy atom. The van der Waals surface area contributed by atoms with Gasteiger partial charge in [-0.3, -0.25) is 4.79 Å². The summed E-state index contributed by atoms with van der Waals surface area (Å²) in [6.45, 7) is 7.64. The zero-order valence-corrected chi connectivity index (χ0v) is 7.34. The van der Waals surface area contributed by atoms with Crippen LogP contribution in [0.5, 0.6) is 0 Å². The molecule has 0 aliphatic rings. The van der Waals surface area contributed by atoms with E-state index in [4.69, 9.17) is 0 Å². The predicted molar refractivity (Wildman–Crippen MR) is 48.4 cm³/mol. The first-order valence-electron chi connectivity index (χ1n) is 3.95. The maximum atomic E-state index is 10.2. The highest BCUT2D eigenvalue weighted by atomic mass is 16.1. The third kappa shape index (κ3) is 5.59. The highest BCUT2D eigenvalue weighted by molar-refractivity contribution is 5.71. The van der Waals surface area contributed by atoms with Crippen molar-refractivity contribution < 1.29 is 4.79 Å². The molecule has 0 aromatic heterocycles. The first-order chi connectivity index (χ1) is 5.20. The minimum Gasteiger partial charge on any atom is -0.298 e. The molecule has 0 radical (unpaired) electrons. The molecule has 0 amide bonds. The molecule has 0 aliphatic carbocycles. The van der Waals surface area contributed by atoms with Gasteiger partial charge in [0.05, 0.1) is 0 Å². The van der Waals surface area contributed by atoms with Crippen molar-refractivity contribution in [3.8, 4) is 0 Å². The van der Waals surface area contributed by atoms with Gasteiger partial charge in [0, 0.05) is 0 Å². The zero-order chi connectivity index (χ0) is 8.69. The zero-order valence-electron chi connectivity index (χ0n) is 7.34. The molecule has 11 heavy (non-hydrogen) atoms. The topological polar surface area (TPSA) is 17.1 Å². The van der Waals surface area contributed by atoms with E-state index < -0.39 is 0 Å². The van der Waals surface area contributed by atoms with Gasteiger partial charge in [-0.1, -0.05) is 19.1 Å². The average Bonchev–Trinajstić information content (AvgIpc) is 2.04. The fourth-order valence-corrected chi connectivity index (χ4v) is 0.740. The third-order valence-corrected chi connectivity index (χ3v) is 1.68. The molecule has 1 nitrogen and oxygen atoms in total. The Morgan fingerprint density at radius 1 is 1.64 bits per heavy atom. The third-order valence-electron chi connectivity index (χ3n) is 1.68. The maximum absolute atomic E-state index is 10.2. The van der Waals surface area contributed by atoms with E-state index in [2.05, 4.69) is 13.5 Å². The van der Waals surface area contributed by atoms with Gasteiger partial charge in [0.2, 0.25) is 0 Å². The van der Waals surface area contributed by atoms with E-state index in [9.17, 15) is 4.79 Å². The van der Waals surface area contributed by atoms with E-state index >= 15 is 0 Å². The fourth-order valence-electron chi connectivity index (χ4n) is 0.740. The van der Waals surface area contributed by atoms with Crippen molar-refractivity contribution in [3.05, 3.63) is 24.3 Å². The Labute approximate surface area is 68.8 Å². The van der Waals surface area contributed by atoms with Crippen LogP contribution in [0.2, 0.25) is 0 Å². The smallest absolute Gasteiger partial charge is 0.145 e. The van der Waals surface area contributed by atoms with Gasteiger partial charge in [-0.05, 0) is 31.3 Å². The summed E-state index contributed by atoms with van der Waals surface area (Å²) >= 11 is 0. The van der Waals surface area contributed by atoms with Crippen LogP contribution in [0.3, 0.4) is 0 Å². The molecule has 0 aliphatic heterocycles. The number of carbonyl (C=O) groups excluding carboxylic acids is 1. The lowest BCUT2D eigenvalue weighted by Gasteiger charge is -2.00. The summed E-state index contributed by atoms with van der Waals surface area (Å²) in [6.07, 6.45) is 6.84. The predicted octanol–water partition coefficient (Wildman–Crippen LogP) is 2.73. The lowest BCUT2D eigenvalue weighted by molar-refractivity contribution is -0.104. The second kappa shape index (κ2) is 5.90. The van der Waals surface area contributed by atoms with Gasteiger partial charge in [0.1, 0.15) is 6.29 Å². The normalized spacial score (nSPS) is 14.2. The Hall–Kier alpha value is -0.850. The summed E-state index contributed by atoms with van der Waals surface area (Å²) in [6, 6.07) is 0. The van der Waals surface area contributed by atoms with Gasteiger partial charge in [-0.15, -0.1) is 6.58 Å². The summed E-state index contributed by atoms with van der Waals surface area (Å²) in [5.74, 6) is 0.547. The van der Waals surface area contributed by atoms with E-state index in [0.29, 0.717) is 5.92 Å². The molecule has 1 unspecified atom stereocenters. The van der Waals surface area contributed by atoms with E-state index in [1.54, 1.807) is 0 Å². The van der Waals surface area contributed by atoms with Crippen LogP contribution in [0.1, 0.15) is 26.7 Å². The first-order valence-corrected chi connectivity index (χ1v) is 3.95. The molecule has 0 spiro atoms. The van der Waals surface area contributed by atoms with Crippen molar-refractivity contribution in [3.63, 3.8) is 0 Å². The molecular weight excluding hydrogens is 136 g/mol. The van der Waals surface area contributed by atoms with Gasteiger partial charge in [-0.2, -0.15) is 0 Å². The second-order valence-corrected chi connectivity index (χ2v) is 2.86. The van der Waals surface area contributed by atoms with Crippen LogP contribution in [0.4, 0.5) is 0 Å². The number of aldehydes is 1. The number of allylic oxidation sites excluding steroid dienone is 3. The van der Waals surface area contributed by atoms with E-state index in [0.717, 1.165) is 24.7 Å². The number of hydrogen-bond acceptors (Lipinski definition) is 1. The first kappa shape index (κ1) is 10.2. The Bertz CT molecular complexity index is 156. The highest BCUT2D eigenvalue weighted by Crippen LogP contribution is 2.07. The van der Waals surface area contributed by atoms with E-state index in [1.165, 1.54) is 0 Å². The summed E-state index contributed by atoms with van der Waals surface area (Å²) in [5, 5.41) is 0. The molecule has 1 atom stereocenters. The largest absolute Gasteiger partial charge is 0.298 e. The van der Waals surface area contributed by atoms with Crippen LogP contribution in [-0.2, 0) is 4.79 Å². The highest BCUT2D eigenvalue weighted by Gasteiger charge is 1.93. The van der Waals surface area contributed by atoms with Crippen molar-refractivity contribution >= 4 is 6.29 Å². The van der Waals surface area contributed by atoms with Gasteiger partial charge in [0.25, 0.3) is 0 Å². The molecule has 0 rings (SSSR count). The lowest BCUT2D eigenvalue weighted by atomic mass is 10.1. The minimum atomic E-state index is 0.547. The number of rotatable bonds is 5. The fraction of sp³-hybridized carbons (Fsp3) is 0.500. The molecule has 0 saturated carbocycles. The van der Waals surface area contributed by atoms with Crippen LogP contribution in [0.25, 0.3) is 0 Å². The van der Waals surface area contributed by atoms with E-state index in [-0.39, 0.29) is 0 Å². The summed E-state index contributed by atoms with van der Waals surface area (Å²) in [4.78, 5) is 10.2. The molecule has 0 aromatic rings. The van der Waals surface area contributed by atoms with Crippen molar-refractivity contribution in [1.82, 2.24) is 0 Å². The second-order valence-electron chi connectivity index (χ2n) is 2.86. The van der Waals surface area contributed by atoms with Crippen molar-refractivity contribution in [2.24, 2.45) is 5.92 Å². The molecular formula is C10H16O. The van der Waals surface area contributed by atoms with Crippen molar-refractivity contribution in [2.45, 2.75) is 26.7 Å². The quantitative estimate of drug-likeness (QED) is 0.336. The maximum Gasteiger partial charge on any atom is 0.145 e. The molecule has 62 valence electrons. The SMILES string of the molecule is C=CC(C)CCC=C(C)C=O. The van der Waals surface area contributed by atoms with Gasteiger partial charge in [0.15, 0.2) is 0 Å².